The molecule has 0 amide bonds. The van der Waals surface area contributed by atoms with Crippen molar-refractivity contribution in [1.29, 1.82) is 0 Å². The normalized spacial score (nSPS) is 12.5. The van der Waals surface area contributed by atoms with Gasteiger partial charge < -0.3 is 0 Å². The molecule has 0 aliphatic carbocycles. The summed E-state index contributed by atoms with van der Waals surface area (Å²) in [4.78, 5) is 17.8. The molecule has 3 heterocycles. The number of aryl methyl sites for hydroxylation is 1. The predicted molar refractivity (Wildman–Crippen MR) is 192 cm³/mol. The lowest BCUT2D eigenvalue weighted by Gasteiger charge is -2.33. The van der Waals surface area contributed by atoms with Crippen LogP contribution in [0.5, 0.6) is 0 Å². The van der Waals surface area contributed by atoms with Gasteiger partial charge in [0.05, 0.1) is 33.0 Å². The molecule has 0 spiro atoms. The number of thiophene rings is 1. The average molecular weight is 595 g/mol. The van der Waals surface area contributed by atoms with Crippen LogP contribution in [-0.2, 0) is 0 Å². The quantitative estimate of drug-likeness (QED) is 0.190. The van der Waals surface area contributed by atoms with E-state index in [1.54, 1.807) is 23.6 Å². The van der Waals surface area contributed by atoms with Gasteiger partial charge in [-0.05, 0) is 47.0 Å². The first-order valence-electron chi connectivity index (χ1n) is 15.0. The van der Waals surface area contributed by atoms with Gasteiger partial charge in [-0.3, -0.25) is 9.89 Å². The van der Waals surface area contributed by atoms with Gasteiger partial charge in [-0.2, -0.15) is 0 Å². The van der Waals surface area contributed by atoms with Gasteiger partial charge in [-0.25, -0.2) is 9.97 Å². The molecular formula is C40H26N4S. The number of hydrogen-bond acceptors (Lipinski definition) is 5. The van der Waals surface area contributed by atoms with Crippen LogP contribution in [0.25, 0.3) is 64.2 Å². The Kier molecular flexibility index (Phi) is 5.70. The van der Waals surface area contributed by atoms with Crippen molar-refractivity contribution in [3.63, 3.8) is 0 Å². The van der Waals surface area contributed by atoms with Gasteiger partial charge in [0.25, 0.3) is 0 Å². The highest BCUT2D eigenvalue weighted by atomic mass is 32.1. The summed E-state index contributed by atoms with van der Waals surface area (Å²) in [5, 5.41) is 5.88. The minimum absolute atomic E-state index is 0.650. The van der Waals surface area contributed by atoms with Crippen molar-refractivity contribution in [2.24, 2.45) is 4.99 Å². The molecule has 212 valence electrons. The Balaban J connectivity index is 1.41. The van der Waals surface area contributed by atoms with Gasteiger partial charge >= 0.3 is 0 Å². The maximum absolute atomic E-state index is 5.46. The molecule has 0 fully saturated rings. The Labute approximate surface area is 264 Å². The Morgan fingerprint density at radius 1 is 0.756 bits per heavy atom. The zero-order valence-electron chi connectivity index (χ0n) is 24.5. The molecule has 9 rings (SSSR count). The number of nitrogens with zero attached hydrogens (tertiary/aromatic N) is 4. The van der Waals surface area contributed by atoms with Crippen LogP contribution < -0.4 is 4.90 Å². The van der Waals surface area contributed by atoms with Crippen LogP contribution in [-0.4, -0.2) is 16.2 Å². The molecule has 0 saturated carbocycles. The molecule has 0 atom stereocenters. The monoisotopic (exact) mass is 594 g/mol. The zero-order chi connectivity index (χ0) is 30.1. The molecule has 0 unspecified atom stereocenters. The van der Waals surface area contributed by atoms with E-state index in [0.717, 1.165) is 49.5 Å². The van der Waals surface area contributed by atoms with Gasteiger partial charge in [-0.1, -0.05) is 110 Å². The fourth-order valence-electron chi connectivity index (χ4n) is 6.68. The van der Waals surface area contributed by atoms with E-state index in [4.69, 9.17) is 9.97 Å². The highest BCUT2D eigenvalue weighted by Crippen LogP contribution is 2.53. The lowest BCUT2D eigenvalue weighted by Crippen LogP contribution is -2.18. The summed E-state index contributed by atoms with van der Waals surface area (Å²) in [5.74, 6) is 0.650. The van der Waals surface area contributed by atoms with E-state index >= 15 is 0 Å². The van der Waals surface area contributed by atoms with E-state index in [2.05, 4.69) is 139 Å². The van der Waals surface area contributed by atoms with Gasteiger partial charge in [0.2, 0.25) is 5.95 Å². The third-order valence-corrected chi connectivity index (χ3v) is 9.91. The first kappa shape index (κ1) is 25.8. The van der Waals surface area contributed by atoms with Crippen molar-refractivity contribution in [3.05, 3.63) is 133 Å². The molecule has 45 heavy (non-hydrogen) atoms. The molecule has 8 aromatic rings. The maximum Gasteiger partial charge on any atom is 0.235 e. The van der Waals surface area contributed by atoms with Crippen LogP contribution in [0.2, 0.25) is 0 Å². The number of anilines is 3. The van der Waals surface area contributed by atoms with Gasteiger partial charge in [-0.15, -0.1) is 11.3 Å². The van der Waals surface area contributed by atoms with Crippen molar-refractivity contribution in [2.45, 2.75) is 6.92 Å². The summed E-state index contributed by atoms with van der Waals surface area (Å²) in [6.45, 7) is 5.89. The number of allylic oxidation sites excluding steroid dienone is 1. The topological polar surface area (TPSA) is 41.4 Å². The van der Waals surface area contributed by atoms with Crippen molar-refractivity contribution < 1.29 is 0 Å². The zero-order valence-corrected chi connectivity index (χ0v) is 25.3. The van der Waals surface area contributed by atoms with Crippen LogP contribution in [0, 0.1) is 6.92 Å². The third-order valence-electron chi connectivity index (χ3n) is 8.75. The highest BCUT2D eigenvalue weighted by Gasteiger charge is 2.30. The molecule has 0 radical (unpaired) electrons. The second-order valence-corrected chi connectivity index (χ2v) is 12.4. The SMILES string of the molecule is C=CC=Nc1cc(-c2nc(N3c4c(ccc5ccccc45)-c4cccc5cccc3c45)nc3c2sc2ccccc23)ccc1C. The first-order valence-corrected chi connectivity index (χ1v) is 15.8. The minimum Gasteiger partial charge on any atom is -0.277 e. The average Bonchev–Trinajstić information content (AvgIpc) is 3.46. The summed E-state index contributed by atoms with van der Waals surface area (Å²) >= 11 is 1.74. The van der Waals surface area contributed by atoms with E-state index in [-0.39, 0.29) is 0 Å². The molecule has 1 aliphatic rings. The minimum atomic E-state index is 0.650. The van der Waals surface area contributed by atoms with Gasteiger partial charge in [0.1, 0.15) is 0 Å². The number of aromatic nitrogens is 2. The Morgan fingerprint density at radius 3 is 2.44 bits per heavy atom. The Hall–Kier alpha value is -5.65. The van der Waals surface area contributed by atoms with Crippen molar-refractivity contribution in [2.75, 3.05) is 4.90 Å². The lowest BCUT2D eigenvalue weighted by molar-refractivity contribution is 1.12. The van der Waals surface area contributed by atoms with Crippen LogP contribution >= 0.6 is 11.3 Å². The van der Waals surface area contributed by atoms with E-state index in [9.17, 15) is 0 Å². The van der Waals surface area contributed by atoms with E-state index < -0.39 is 0 Å². The van der Waals surface area contributed by atoms with E-state index in [0.29, 0.717) is 5.95 Å². The standard InChI is InChI=1S/C40H26N4S/c1-3-22-41-32-23-27(19-18-24(32)2)36-39-37(31-14-6-7-17-34(31)45-39)43-40(42-36)44-33-16-9-12-26-11-8-15-29(35(26)33)30-21-20-25-10-4-5-13-28(25)38(30)44/h3-23H,1H2,2H3. The second-order valence-electron chi connectivity index (χ2n) is 11.4. The molecule has 5 heteroatoms. The number of benzene rings is 6. The fourth-order valence-corrected chi connectivity index (χ4v) is 7.83. The van der Waals surface area contributed by atoms with E-state index in [1.165, 1.54) is 37.4 Å². The number of hydrogen-bond donors (Lipinski definition) is 0. The smallest absolute Gasteiger partial charge is 0.235 e. The molecule has 6 aromatic carbocycles. The Morgan fingerprint density at radius 2 is 1.56 bits per heavy atom. The number of fused-ring (bicyclic) bond motifs is 7. The van der Waals surface area contributed by atoms with Crippen LogP contribution in [0.3, 0.4) is 0 Å². The number of aliphatic imine (C=N–C) groups is 1. The molecule has 0 saturated heterocycles. The second kappa shape index (κ2) is 9.94. The Bertz CT molecular complexity index is 2540. The van der Waals surface area contributed by atoms with E-state index in [1.807, 2.05) is 0 Å². The van der Waals surface area contributed by atoms with Crippen LogP contribution in [0.1, 0.15) is 5.56 Å². The molecule has 0 N–H and O–H groups in total. The molecule has 0 bridgehead atoms. The largest absolute Gasteiger partial charge is 0.277 e. The first-order chi connectivity index (χ1) is 22.2. The third kappa shape index (κ3) is 3.88. The van der Waals surface area contributed by atoms with Crippen molar-refractivity contribution in [3.8, 4) is 22.4 Å². The molecule has 1 aliphatic heterocycles. The van der Waals surface area contributed by atoms with Crippen LogP contribution in [0.4, 0.5) is 23.0 Å². The molecular weight excluding hydrogens is 569 g/mol. The lowest BCUT2D eigenvalue weighted by atomic mass is 9.89. The predicted octanol–water partition coefficient (Wildman–Crippen LogP) is 11.5. The summed E-state index contributed by atoms with van der Waals surface area (Å²) in [6.07, 6.45) is 3.44. The van der Waals surface area contributed by atoms with Gasteiger partial charge in [0.15, 0.2) is 0 Å². The summed E-state index contributed by atoms with van der Waals surface area (Å²) < 4.78 is 2.25. The molecule has 2 aromatic heterocycles. The van der Waals surface area contributed by atoms with Crippen molar-refractivity contribution >= 4 is 82.4 Å². The van der Waals surface area contributed by atoms with Crippen LogP contribution in [0.15, 0.2) is 133 Å². The molecule has 4 nitrogen and oxygen atoms in total. The summed E-state index contributed by atoms with van der Waals surface area (Å²) in [6, 6.07) is 41.0. The van der Waals surface area contributed by atoms with Gasteiger partial charge in [0, 0.05) is 38.2 Å². The summed E-state index contributed by atoms with van der Waals surface area (Å²) in [5.41, 5.74) is 9.44. The van der Waals surface area contributed by atoms with Crippen molar-refractivity contribution in [1.82, 2.24) is 9.97 Å². The summed E-state index contributed by atoms with van der Waals surface area (Å²) in [7, 11) is 0. The maximum atomic E-state index is 5.46. The number of rotatable bonds is 4. The fraction of sp³-hybridized carbons (Fsp3) is 0.0250. The highest BCUT2D eigenvalue weighted by molar-refractivity contribution is 7.26.